The van der Waals surface area contributed by atoms with Crippen molar-refractivity contribution in [2.45, 2.75) is 11.3 Å². The molecular formula is C9H10BrFN2O4S. The molecule has 0 saturated carbocycles. The van der Waals surface area contributed by atoms with Gasteiger partial charge in [-0.05, 0) is 12.5 Å². The van der Waals surface area contributed by atoms with E-state index in [2.05, 4.69) is 20.7 Å². The van der Waals surface area contributed by atoms with Crippen LogP contribution in [-0.4, -0.2) is 25.2 Å². The first-order valence-corrected chi connectivity index (χ1v) is 7.48. The van der Waals surface area contributed by atoms with Gasteiger partial charge in [0.1, 0.15) is 10.7 Å². The van der Waals surface area contributed by atoms with E-state index in [4.69, 9.17) is 0 Å². The summed E-state index contributed by atoms with van der Waals surface area (Å²) in [5, 5.41) is 11.0. The fraction of sp³-hybridized carbons (Fsp3) is 0.333. The smallest absolute Gasteiger partial charge is 0.258 e. The normalized spacial score (nSPS) is 11.4. The van der Waals surface area contributed by atoms with Gasteiger partial charge in [-0.15, -0.1) is 0 Å². The van der Waals surface area contributed by atoms with Crippen molar-refractivity contribution in [3.63, 3.8) is 0 Å². The van der Waals surface area contributed by atoms with Crippen molar-refractivity contribution in [1.82, 2.24) is 4.72 Å². The molecule has 1 aromatic rings. The second kappa shape index (κ2) is 6.21. The minimum atomic E-state index is -3.97. The Balaban J connectivity index is 2.99. The molecule has 1 aromatic carbocycles. The van der Waals surface area contributed by atoms with Crippen LogP contribution in [0.2, 0.25) is 0 Å². The first kappa shape index (κ1) is 15.0. The molecule has 0 heterocycles. The monoisotopic (exact) mass is 340 g/mol. The molecule has 6 nitrogen and oxygen atoms in total. The van der Waals surface area contributed by atoms with Gasteiger partial charge in [-0.2, -0.15) is 0 Å². The van der Waals surface area contributed by atoms with Gasteiger partial charge in [0.15, 0.2) is 0 Å². The number of nitrogens with one attached hydrogen (secondary N) is 1. The molecule has 0 fully saturated rings. The molecular weight excluding hydrogens is 331 g/mol. The summed E-state index contributed by atoms with van der Waals surface area (Å²) in [6, 6.07) is 2.41. The first-order valence-electron chi connectivity index (χ1n) is 4.88. The minimum Gasteiger partial charge on any atom is -0.258 e. The van der Waals surface area contributed by atoms with Gasteiger partial charge in [0, 0.05) is 17.9 Å². The predicted octanol–water partition coefficient (Wildman–Crippen LogP) is 1.80. The van der Waals surface area contributed by atoms with Crippen molar-refractivity contribution >= 4 is 31.6 Å². The molecule has 0 amide bonds. The summed E-state index contributed by atoms with van der Waals surface area (Å²) in [6.07, 6.45) is 0.549. The highest BCUT2D eigenvalue weighted by atomic mass is 79.9. The topological polar surface area (TPSA) is 89.3 Å². The third kappa shape index (κ3) is 3.72. The summed E-state index contributed by atoms with van der Waals surface area (Å²) in [7, 11) is -3.97. The van der Waals surface area contributed by atoms with Crippen LogP contribution in [0.5, 0.6) is 0 Å². The standard InChI is InChI=1S/C9H10BrFN2O4S/c10-4-1-5-12-18(16,17)9-3-2-7(13(14)15)6-8(9)11/h2-3,6,12H,1,4-5H2. The highest BCUT2D eigenvalue weighted by Crippen LogP contribution is 2.20. The van der Waals surface area contributed by atoms with Crippen molar-refractivity contribution in [1.29, 1.82) is 0 Å². The third-order valence-electron chi connectivity index (χ3n) is 2.02. The number of sulfonamides is 1. The number of benzene rings is 1. The summed E-state index contributed by atoms with van der Waals surface area (Å²) < 4.78 is 39.0. The van der Waals surface area contributed by atoms with Crippen molar-refractivity contribution in [3.05, 3.63) is 34.1 Å². The van der Waals surface area contributed by atoms with Crippen LogP contribution in [0.25, 0.3) is 0 Å². The molecule has 0 aliphatic carbocycles. The molecule has 0 aliphatic rings. The van der Waals surface area contributed by atoms with Crippen LogP contribution in [0.3, 0.4) is 0 Å². The molecule has 0 aliphatic heterocycles. The van der Waals surface area contributed by atoms with E-state index >= 15 is 0 Å². The molecule has 0 bridgehead atoms. The van der Waals surface area contributed by atoms with E-state index in [9.17, 15) is 22.9 Å². The Morgan fingerprint density at radius 3 is 2.61 bits per heavy atom. The SMILES string of the molecule is O=[N+]([O-])c1ccc(S(=O)(=O)NCCCBr)c(F)c1. The largest absolute Gasteiger partial charge is 0.272 e. The number of hydrogen-bond acceptors (Lipinski definition) is 4. The Hall–Kier alpha value is -1.06. The number of halogens is 2. The summed E-state index contributed by atoms with van der Waals surface area (Å²) in [5.41, 5.74) is -0.494. The zero-order chi connectivity index (χ0) is 13.8. The Bertz CT molecular complexity index is 549. The summed E-state index contributed by atoms with van der Waals surface area (Å²) >= 11 is 3.13. The van der Waals surface area contributed by atoms with Crippen LogP contribution >= 0.6 is 15.9 Å². The molecule has 0 atom stereocenters. The highest BCUT2D eigenvalue weighted by Gasteiger charge is 2.21. The average molecular weight is 341 g/mol. The molecule has 18 heavy (non-hydrogen) atoms. The number of rotatable bonds is 6. The Morgan fingerprint density at radius 2 is 2.11 bits per heavy atom. The van der Waals surface area contributed by atoms with Gasteiger partial charge in [0.25, 0.3) is 5.69 Å². The molecule has 0 aromatic heterocycles. The van der Waals surface area contributed by atoms with Crippen molar-refractivity contribution in [3.8, 4) is 0 Å². The van der Waals surface area contributed by atoms with Crippen molar-refractivity contribution in [2.24, 2.45) is 0 Å². The maximum atomic E-state index is 13.5. The number of hydrogen-bond donors (Lipinski definition) is 1. The predicted molar refractivity (Wildman–Crippen MR) is 66.7 cm³/mol. The Morgan fingerprint density at radius 1 is 1.44 bits per heavy atom. The van der Waals surface area contributed by atoms with E-state index in [-0.39, 0.29) is 6.54 Å². The summed E-state index contributed by atoms with van der Waals surface area (Å²) in [6.45, 7) is 0.157. The number of nitro groups is 1. The van der Waals surface area contributed by atoms with E-state index < -0.39 is 31.3 Å². The average Bonchev–Trinajstić information content (AvgIpc) is 2.28. The maximum Gasteiger partial charge on any atom is 0.272 e. The lowest BCUT2D eigenvalue weighted by molar-refractivity contribution is -0.385. The number of alkyl halides is 1. The van der Waals surface area contributed by atoms with Gasteiger partial charge < -0.3 is 0 Å². The lowest BCUT2D eigenvalue weighted by Gasteiger charge is -2.06. The zero-order valence-corrected chi connectivity index (χ0v) is 11.5. The number of nitro benzene ring substituents is 1. The van der Waals surface area contributed by atoms with Crippen molar-refractivity contribution < 1.29 is 17.7 Å². The van der Waals surface area contributed by atoms with Gasteiger partial charge in [-0.1, -0.05) is 15.9 Å². The molecule has 0 unspecified atom stereocenters. The summed E-state index contributed by atoms with van der Waals surface area (Å²) in [5.74, 6) is -1.14. The molecule has 1 rings (SSSR count). The Kier molecular flexibility index (Phi) is 5.17. The van der Waals surface area contributed by atoms with Crippen LogP contribution in [0.15, 0.2) is 23.1 Å². The quantitative estimate of drug-likeness (QED) is 0.370. The van der Waals surface area contributed by atoms with Crippen LogP contribution in [-0.2, 0) is 10.0 Å². The van der Waals surface area contributed by atoms with Gasteiger partial charge in [-0.25, -0.2) is 17.5 Å². The van der Waals surface area contributed by atoms with E-state index in [1.165, 1.54) is 0 Å². The second-order valence-corrected chi connectivity index (χ2v) is 5.84. The fourth-order valence-electron chi connectivity index (χ4n) is 1.17. The van der Waals surface area contributed by atoms with Crippen LogP contribution in [0.4, 0.5) is 10.1 Å². The zero-order valence-electron chi connectivity index (χ0n) is 9.10. The summed E-state index contributed by atoms with van der Waals surface area (Å²) in [4.78, 5) is 9.00. The molecule has 9 heteroatoms. The third-order valence-corrected chi connectivity index (χ3v) is 4.07. The molecule has 100 valence electrons. The van der Waals surface area contributed by atoms with Gasteiger partial charge >= 0.3 is 0 Å². The molecule has 1 N–H and O–H groups in total. The second-order valence-electron chi connectivity index (χ2n) is 3.31. The maximum absolute atomic E-state index is 13.5. The number of non-ortho nitro benzene ring substituents is 1. The van der Waals surface area contributed by atoms with Crippen LogP contribution < -0.4 is 4.72 Å². The van der Waals surface area contributed by atoms with E-state index in [1.54, 1.807) is 0 Å². The fourth-order valence-corrected chi connectivity index (χ4v) is 2.58. The Labute approximate surface area is 112 Å². The lowest BCUT2D eigenvalue weighted by Crippen LogP contribution is -2.25. The van der Waals surface area contributed by atoms with Crippen LogP contribution in [0.1, 0.15) is 6.42 Å². The number of nitrogens with zero attached hydrogens (tertiary/aromatic N) is 1. The van der Waals surface area contributed by atoms with Crippen molar-refractivity contribution in [2.75, 3.05) is 11.9 Å². The first-order chi connectivity index (χ1) is 8.38. The van der Waals surface area contributed by atoms with E-state index in [0.29, 0.717) is 17.8 Å². The van der Waals surface area contributed by atoms with E-state index in [1.807, 2.05) is 0 Å². The minimum absolute atomic E-state index is 0.157. The molecule has 0 saturated heterocycles. The van der Waals surface area contributed by atoms with Gasteiger partial charge in [0.05, 0.1) is 11.0 Å². The van der Waals surface area contributed by atoms with Crippen LogP contribution in [0, 0.1) is 15.9 Å². The lowest BCUT2D eigenvalue weighted by atomic mass is 10.3. The van der Waals surface area contributed by atoms with E-state index in [0.717, 1.165) is 12.1 Å². The van der Waals surface area contributed by atoms with Gasteiger partial charge in [0.2, 0.25) is 10.0 Å². The highest BCUT2D eigenvalue weighted by molar-refractivity contribution is 9.09. The van der Waals surface area contributed by atoms with Gasteiger partial charge in [-0.3, -0.25) is 10.1 Å². The molecule has 0 spiro atoms. The molecule has 0 radical (unpaired) electrons.